The number of benzene rings is 2. The van der Waals surface area contributed by atoms with E-state index in [1.54, 1.807) is 0 Å². The van der Waals surface area contributed by atoms with Crippen molar-refractivity contribution in [2.45, 2.75) is 41.5 Å². The predicted octanol–water partition coefficient (Wildman–Crippen LogP) is 13.5. The molecule has 0 aliphatic heterocycles. The Morgan fingerprint density at radius 2 is 0.600 bits per heavy atom. The zero-order valence-electron chi connectivity index (χ0n) is 23.1. The molecule has 0 saturated heterocycles. The summed E-state index contributed by atoms with van der Waals surface area (Å²) in [4.78, 5) is 5.62. The lowest BCUT2D eigenvalue weighted by atomic mass is 9.99. The highest BCUT2D eigenvalue weighted by atomic mass is 32.1. The smallest absolute Gasteiger partial charge is 0.0636 e. The average Bonchev–Trinajstić information content (AvgIpc) is 3.65. The Morgan fingerprint density at radius 3 is 0.925 bits per heavy atom. The number of thiophene rings is 6. The highest BCUT2D eigenvalue weighted by molar-refractivity contribution is 7.42. The average molecular weight is 627 g/mol. The largest absolute Gasteiger partial charge is 0.133 e. The standard InChI is InChI=1S/C34H26S6/c1-15-7-17(3)29(18(4)8-15)23-13-27-33(39-23)31-25(35-27)11-21(37-31)22-12-26-32(38-22)34-28(36-26)14-24(40-34)30-19(5)9-16(2)10-20(30)6/h7-14H,1-6H3. The van der Waals surface area contributed by atoms with Crippen molar-refractivity contribution in [3.05, 3.63) is 81.9 Å². The van der Waals surface area contributed by atoms with Crippen LogP contribution in [0, 0.1) is 41.5 Å². The van der Waals surface area contributed by atoms with Crippen molar-refractivity contribution in [3.8, 4) is 30.6 Å². The van der Waals surface area contributed by atoms with Crippen LogP contribution in [0.3, 0.4) is 0 Å². The number of hydrogen-bond acceptors (Lipinski definition) is 6. The monoisotopic (exact) mass is 626 g/mol. The maximum absolute atomic E-state index is 2.44. The highest BCUT2D eigenvalue weighted by Gasteiger charge is 2.20. The molecule has 0 saturated carbocycles. The van der Waals surface area contributed by atoms with Gasteiger partial charge in [-0.3, -0.25) is 0 Å². The molecule has 6 heterocycles. The summed E-state index contributed by atoms with van der Waals surface area (Å²) in [6.45, 7) is 13.4. The van der Waals surface area contributed by atoms with E-state index in [4.69, 9.17) is 0 Å². The second-order valence-corrected chi connectivity index (χ2v) is 17.3. The maximum Gasteiger partial charge on any atom is 0.0636 e. The van der Waals surface area contributed by atoms with E-state index < -0.39 is 0 Å². The molecule has 198 valence electrons. The molecule has 0 aliphatic carbocycles. The molecule has 0 bridgehead atoms. The Labute approximate surface area is 257 Å². The van der Waals surface area contributed by atoms with Crippen molar-refractivity contribution in [3.63, 3.8) is 0 Å². The summed E-state index contributed by atoms with van der Waals surface area (Å²) < 4.78 is 11.5. The summed E-state index contributed by atoms with van der Waals surface area (Å²) in [7, 11) is 0. The van der Waals surface area contributed by atoms with Crippen LogP contribution in [-0.2, 0) is 0 Å². The van der Waals surface area contributed by atoms with Gasteiger partial charge in [0, 0.05) is 38.3 Å². The van der Waals surface area contributed by atoms with E-state index in [2.05, 4.69) is 90.1 Å². The van der Waals surface area contributed by atoms with Gasteiger partial charge in [0.15, 0.2) is 0 Å². The SMILES string of the molecule is Cc1cc(C)c(-c2cc3sc4cc(-c5cc6sc7cc(-c8c(C)cc(C)cc8C)sc7c6s5)sc4c3s2)c(C)c1. The second kappa shape index (κ2) is 9.09. The Bertz CT molecular complexity index is 2070. The molecule has 40 heavy (non-hydrogen) atoms. The molecule has 2 aromatic carbocycles. The molecule has 8 rings (SSSR count). The molecule has 0 aliphatic rings. The summed E-state index contributed by atoms with van der Waals surface area (Å²) in [5, 5.41) is 0. The Morgan fingerprint density at radius 1 is 0.325 bits per heavy atom. The van der Waals surface area contributed by atoms with Gasteiger partial charge in [0.25, 0.3) is 0 Å². The van der Waals surface area contributed by atoms with Crippen LogP contribution >= 0.6 is 68.0 Å². The van der Waals surface area contributed by atoms with Crippen LogP contribution in [0.4, 0.5) is 0 Å². The fourth-order valence-corrected chi connectivity index (χ4v) is 14.8. The lowest BCUT2D eigenvalue weighted by Gasteiger charge is -2.09. The molecule has 0 N–H and O–H groups in total. The molecular weight excluding hydrogens is 601 g/mol. The lowest BCUT2D eigenvalue weighted by molar-refractivity contribution is 1.33. The lowest BCUT2D eigenvalue weighted by Crippen LogP contribution is -1.87. The zero-order valence-corrected chi connectivity index (χ0v) is 28.0. The number of hydrogen-bond donors (Lipinski definition) is 0. The molecule has 0 radical (unpaired) electrons. The van der Waals surface area contributed by atoms with E-state index in [1.807, 2.05) is 68.0 Å². The van der Waals surface area contributed by atoms with Gasteiger partial charge < -0.3 is 0 Å². The van der Waals surface area contributed by atoms with Gasteiger partial charge in [0.2, 0.25) is 0 Å². The normalized spacial score (nSPS) is 12.2. The molecular formula is C34H26S6. The topological polar surface area (TPSA) is 0 Å². The van der Waals surface area contributed by atoms with Crippen molar-refractivity contribution in [1.29, 1.82) is 0 Å². The van der Waals surface area contributed by atoms with Crippen LogP contribution in [0.5, 0.6) is 0 Å². The molecule has 0 spiro atoms. The van der Waals surface area contributed by atoms with Crippen molar-refractivity contribution in [2.75, 3.05) is 0 Å². The first kappa shape index (κ1) is 25.4. The van der Waals surface area contributed by atoms with Gasteiger partial charge in [-0.05, 0) is 99.2 Å². The van der Waals surface area contributed by atoms with Crippen molar-refractivity contribution < 1.29 is 0 Å². The van der Waals surface area contributed by atoms with E-state index in [0.29, 0.717) is 0 Å². The molecule has 6 heteroatoms. The van der Waals surface area contributed by atoms with Gasteiger partial charge >= 0.3 is 0 Å². The first-order valence-electron chi connectivity index (χ1n) is 13.3. The van der Waals surface area contributed by atoms with Crippen LogP contribution in [-0.4, -0.2) is 0 Å². The molecule has 0 nitrogen and oxygen atoms in total. The Kier molecular flexibility index (Phi) is 5.77. The van der Waals surface area contributed by atoms with Crippen LogP contribution in [0.15, 0.2) is 48.5 Å². The molecule has 0 fully saturated rings. The van der Waals surface area contributed by atoms with Gasteiger partial charge in [-0.2, -0.15) is 0 Å². The fraction of sp³-hybridized carbons (Fsp3) is 0.176. The quantitative estimate of drug-likeness (QED) is 0.183. The van der Waals surface area contributed by atoms with Crippen molar-refractivity contribution >= 4 is 106 Å². The minimum atomic E-state index is 1.34. The van der Waals surface area contributed by atoms with Crippen LogP contribution in [0.25, 0.3) is 68.2 Å². The summed E-state index contributed by atoms with van der Waals surface area (Å²) in [5.41, 5.74) is 11.0. The third-order valence-electron chi connectivity index (χ3n) is 7.73. The Hall–Kier alpha value is -2.32. The summed E-state index contributed by atoms with van der Waals surface area (Å²) in [5.74, 6) is 0. The van der Waals surface area contributed by atoms with E-state index in [9.17, 15) is 0 Å². The first-order chi connectivity index (χ1) is 19.2. The number of fused-ring (bicyclic) bond motifs is 6. The molecule has 0 unspecified atom stereocenters. The van der Waals surface area contributed by atoms with Crippen LogP contribution < -0.4 is 0 Å². The Balaban J connectivity index is 1.20. The van der Waals surface area contributed by atoms with E-state index in [1.165, 1.54) is 102 Å². The maximum atomic E-state index is 2.44. The van der Waals surface area contributed by atoms with Crippen LogP contribution in [0.2, 0.25) is 0 Å². The number of aryl methyl sites for hydroxylation is 6. The zero-order chi connectivity index (χ0) is 27.4. The third kappa shape index (κ3) is 3.84. The van der Waals surface area contributed by atoms with Gasteiger partial charge in [-0.25, -0.2) is 0 Å². The second-order valence-electron chi connectivity index (χ2n) is 11.0. The van der Waals surface area contributed by atoms with Crippen molar-refractivity contribution in [1.82, 2.24) is 0 Å². The predicted molar refractivity (Wildman–Crippen MR) is 188 cm³/mol. The fourth-order valence-electron chi connectivity index (χ4n) is 6.30. The molecule has 0 atom stereocenters. The molecule has 6 aromatic heterocycles. The van der Waals surface area contributed by atoms with Gasteiger partial charge in [-0.15, -0.1) is 68.0 Å². The van der Waals surface area contributed by atoms with E-state index in [0.717, 1.165) is 0 Å². The minimum Gasteiger partial charge on any atom is -0.133 e. The summed E-state index contributed by atoms with van der Waals surface area (Å²) in [6.07, 6.45) is 0. The molecule has 8 aromatic rings. The van der Waals surface area contributed by atoms with Gasteiger partial charge in [0.1, 0.15) is 0 Å². The van der Waals surface area contributed by atoms with E-state index >= 15 is 0 Å². The third-order valence-corrected chi connectivity index (χ3v) is 15.5. The number of rotatable bonds is 3. The van der Waals surface area contributed by atoms with Gasteiger partial charge in [0.05, 0.1) is 18.8 Å². The summed E-state index contributed by atoms with van der Waals surface area (Å²) >= 11 is 11.8. The van der Waals surface area contributed by atoms with Crippen molar-refractivity contribution in [2.24, 2.45) is 0 Å². The van der Waals surface area contributed by atoms with E-state index in [-0.39, 0.29) is 0 Å². The first-order valence-corrected chi connectivity index (χ1v) is 18.2. The molecule has 0 amide bonds. The summed E-state index contributed by atoms with van der Waals surface area (Å²) in [6, 6.07) is 19.0. The highest BCUT2D eigenvalue weighted by Crippen LogP contribution is 2.52. The van der Waals surface area contributed by atoms with Crippen LogP contribution in [0.1, 0.15) is 33.4 Å². The van der Waals surface area contributed by atoms with Gasteiger partial charge in [-0.1, -0.05) is 35.4 Å². The minimum absolute atomic E-state index is 1.34.